The number of hydrogen-bond acceptors (Lipinski definition) is 6. The van der Waals surface area contributed by atoms with Crippen molar-refractivity contribution in [3.63, 3.8) is 0 Å². The predicted octanol–water partition coefficient (Wildman–Crippen LogP) is 0.163. The lowest BCUT2D eigenvalue weighted by Crippen LogP contribution is -2.20. The number of para-hydroxylation sites is 1. The predicted molar refractivity (Wildman–Crippen MR) is 51.6 cm³/mol. The number of hydrogen-bond donors (Lipinski definition) is 2. The molecule has 0 aliphatic carbocycles. The average molecular weight is 253 g/mol. The zero-order valence-corrected chi connectivity index (χ0v) is 8.82. The van der Waals surface area contributed by atoms with E-state index in [0.29, 0.717) is 0 Å². The highest BCUT2D eigenvalue weighted by Crippen LogP contribution is 2.08. The molecule has 1 rings (SSSR count). The van der Waals surface area contributed by atoms with Gasteiger partial charge in [-0.15, -0.1) is 4.28 Å². The van der Waals surface area contributed by atoms with Gasteiger partial charge in [-0.3, -0.25) is 4.55 Å². The first-order valence-corrected chi connectivity index (χ1v) is 6.91. The molecule has 0 fully saturated rings. The maximum absolute atomic E-state index is 10.7. The van der Waals surface area contributed by atoms with Crippen molar-refractivity contribution in [1.29, 1.82) is 0 Å². The molecule has 0 heterocycles. The largest absolute Gasteiger partial charge is 0.420 e. The summed E-state index contributed by atoms with van der Waals surface area (Å²) in [5.41, 5.74) is 2.09. The SMILES string of the molecule is O=S(=O)(O)S(=O)(=O)ONc1ccccc1. The molecule has 0 unspecified atom stereocenters. The van der Waals surface area contributed by atoms with Crippen LogP contribution in [-0.2, 0) is 22.6 Å². The minimum atomic E-state index is -5.29. The highest BCUT2D eigenvalue weighted by atomic mass is 33.2. The Bertz CT molecular complexity index is 520. The topological polar surface area (TPSA) is 110 Å². The van der Waals surface area contributed by atoms with Crippen LogP contribution in [0.3, 0.4) is 0 Å². The van der Waals surface area contributed by atoms with E-state index in [1.54, 1.807) is 18.2 Å². The lowest BCUT2D eigenvalue weighted by Gasteiger charge is -2.04. The van der Waals surface area contributed by atoms with Gasteiger partial charge in [0.25, 0.3) is 0 Å². The number of benzene rings is 1. The van der Waals surface area contributed by atoms with Crippen LogP contribution in [-0.4, -0.2) is 21.4 Å². The van der Waals surface area contributed by atoms with Gasteiger partial charge in [0.1, 0.15) is 0 Å². The minimum Gasteiger partial charge on any atom is -0.272 e. The molecule has 0 aromatic heterocycles. The van der Waals surface area contributed by atoms with Gasteiger partial charge >= 0.3 is 18.3 Å². The molecule has 1 aromatic rings. The summed E-state index contributed by atoms with van der Waals surface area (Å²) in [6, 6.07) is 7.71. The van der Waals surface area contributed by atoms with Crippen LogP contribution in [0.4, 0.5) is 5.69 Å². The molecule has 2 N–H and O–H groups in total. The fraction of sp³-hybridized carbons (Fsp3) is 0. The Balaban J connectivity index is 2.76. The lowest BCUT2D eigenvalue weighted by atomic mass is 10.3. The first kappa shape index (κ1) is 11.9. The standard InChI is InChI=1S/C6H7NO6S2/c8-14(9,10)15(11,12)13-7-6-4-2-1-3-5-6/h1-5,7H,(H,8,9,10). The molecular weight excluding hydrogens is 246 g/mol. The van der Waals surface area contributed by atoms with Crippen LogP contribution in [0.2, 0.25) is 0 Å². The van der Waals surface area contributed by atoms with Crippen molar-refractivity contribution >= 4 is 24.0 Å². The van der Waals surface area contributed by atoms with Gasteiger partial charge in [-0.2, -0.15) is 16.8 Å². The summed E-state index contributed by atoms with van der Waals surface area (Å²) in [4.78, 5) is 0. The van der Waals surface area contributed by atoms with Crippen molar-refractivity contribution in [3.05, 3.63) is 30.3 Å². The summed E-state index contributed by atoms with van der Waals surface area (Å²) in [7, 11) is -10.4. The molecule has 84 valence electrons. The highest BCUT2D eigenvalue weighted by Gasteiger charge is 2.29. The van der Waals surface area contributed by atoms with E-state index in [-0.39, 0.29) is 5.69 Å². The second kappa shape index (κ2) is 4.14. The van der Waals surface area contributed by atoms with Crippen LogP contribution >= 0.6 is 0 Å². The third-order valence-corrected chi connectivity index (χ3v) is 3.85. The Morgan fingerprint density at radius 1 is 1.07 bits per heavy atom. The third-order valence-electron chi connectivity index (χ3n) is 1.29. The van der Waals surface area contributed by atoms with Gasteiger partial charge < -0.3 is 0 Å². The van der Waals surface area contributed by atoms with Crippen molar-refractivity contribution in [2.45, 2.75) is 0 Å². The first-order chi connectivity index (χ1) is 6.83. The molecule has 0 saturated heterocycles. The molecule has 9 heteroatoms. The zero-order valence-electron chi connectivity index (χ0n) is 7.19. The Kier molecular flexibility index (Phi) is 3.29. The third kappa shape index (κ3) is 3.16. The maximum atomic E-state index is 10.7. The summed E-state index contributed by atoms with van der Waals surface area (Å²) in [6.45, 7) is 0. The summed E-state index contributed by atoms with van der Waals surface area (Å²) < 4.78 is 54.1. The van der Waals surface area contributed by atoms with Gasteiger partial charge in [-0.25, -0.2) is 5.48 Å². The summed E-state index contributed by atoms with van der Waals surface area (Å²) >= 11 is 0. The van der Waals surface area contributed by atoms with Crippen LogP contribution in [0.1, 0.15) is 0 Å². The Morgan fingerprint density at radius 3 is 2.07 bits per heavy atom. The Hall–Kier alpha value is -1.16. The molecule has 0 atom stereocenters. The second-order valence-electron chi connectivity index (χ2n) is 2.39. The Morgan fingerprint density at radius 2 is 1.60 bits per heavy atom. The van der Waals surface area contributed by atoms with E-state index in [4.69, 9.17) is 4.55 Å². The van der Waals surface area contributed by atoms with Crippen molar-refractivity contribution < 1.29 is 25.7 Å². The summed E-state index contributed by atoms with van der Waals surface area (Å²) in [5, 5.41) is 0. The smallest absolute Gasteiger partial charge is 0.272 e. The van der Waals surface area contributed by atoms with Crippen LogP contribution in [0, 0.1) is 0 Å². The van der Waals surface area contributed by atoms with Crippen LogP contribution in [0.5, 0.6) is 0 Å². The lowest BCUT2D eigenvalue weighted by molar-refractivity contribution is 0.392. The van der Waals surface area contributed by atoms with Gasteiger partial charge in [0.2, 0.25) is 0 Å². The van der Waals surface area contributed by atoms with Gasteiger partial charge in [-0.1, -0.05) is 18.2 Å². The number of nitrogens with one attached hydrogen (secondary N) is 1. The molecule has 0 saturated carbocycles. The van der Waals surface area contributed by atoms with Gasteiger partial charge in [0, 0.05) is 0 Å². The van der Waals surface area contributed by atoms with Crippen LogP contribution in [0.15, 0.2) is 30.3 Å². The van der Waals surface area contributed by atoms with E-state index in [1.807, 2.05) is 5.48 Å². The molecule has 1 aromatic carbocycles. The van der Waals surface area contributed by atoms with Crippen LogP contribution < -0.4 is 5.48 Å². The second-order valence-corrected chi connectivity index (χ2v) is 6.71. The van der Waals surface area contributed by atoms with Crippen molar-refractivity contribution in [1.82, 2.24) is 0 Å². The molecule has 7 nitrogen and oxygen atoms in total. The number of rotatable bonds is 4. The van der Waals surface area contributed by atoms with E-state index in [9.17, 15) is 16.8 Å². The quantitative estimate of drug-likeness (QED) is 0.447. The fourth-order valence-corrected chi connectivity index (χ4v) is 1.29. The maximum Gasteiger partial charge on any atom is 0.420 e. The minimum absolute atomic E-state index is 0.227. The molecule has 0 spiro atoms. The monoisotopic (exact) mass is 253 g/mol. The molecule has 0 amide bonds. The zero-order chi connectivity index (χ0) is 11.5. The average Bonchev–Trinajstić information content (AvgIpc) is 2.15. The molecule has 15 heavy (non-hydrogen) atoms. The van der Waals surface area contributed by atoms with Crippen LogP contribution in [0.25, 0.3) is 0 Å². The van der Waals surface area contributed by atoms with Gasteiger partial charge in [-0.05, 0) is 12.1 Å². The van der Waals surface area contributed by atoms with Gasteiger partial charge in [0.15, 0.2) is 0 Å². The molecule has 0 radical (unpaired) electrons. The molecule has 0 aliphatic rings. The Labute approximate surface area is 85.9 Å². The van der Waals surface area contributed by atoms with Crippen molar-refractivity contribution in [3.8, 4) is 0 Å². The van der Waals surface area contributed by atoms with E-state index < -0.39 is 18.3 Å². The number of anilines is 1. The normalized spacial score (nSPS) is 12.3. The molecule has 0 bridgehead atoms. The van der Waals surface area contributed by atoms with E-state index in [0.717, 1.165) is 0 Å². The summed E-state index contributed by atoms with van der Waals surface area (Å²) in [6.07, 6.45) is 0. The van der Waals surface area contributed by atoms with Gasteiger partial charge in [0.05, 0.1) is 5.69 Å². The fourth-order valence-electron chi connectivity index (χ4n) is 0.648. The molecule has 0 aliphatic heterocycles. The first-order valence-electron chi connectivity index (χ1n) is 3.55. The van der Waals surface area contributed by atoms with E-state index in [1.165, 1.54) is 12.1 Å². The highest BCUT2D eigenvalue weighted by molar-refractivity contribution is 8.63. The van der Waals surface area contributed by atoms with Crippen molar-refractivity contribution in [2.75, 3.05) is 5.48 Å². The van der Waals surface area contributed by atoms with E-state index in [2.05, 4.69) is 4.28 Å². The van der Waals surface area contributed by atoms with E-state index >= 15 is 0 Å². The van der Waals surface area contributed by atoms with Crippen molar-refractivity contribution in [2.24, 2.45) is 0 Å². The summed E-state index contributed by atoms with van der Waals surface area (Å²) in [5.74, 6) is 0. The molecular formula is C6H7NO6S2.